The van der Waals surface area contributed by atoms with Gasteiger partial charge in [0.2, 0.25) is 0 Å². The maximum absolute atomic E-state index is 12.6. The maximum atomic E-state index is 12.6. The van der Waals surface area contributed by atoms with Crippen LogP contribution in [0.2, 0.25) is 0 Å². The van der Waals surface area contributed by atoms with Gasteiger partial charge in [-0.05, 0) is 24.1 Å². The summed E-state index contributed by atoms with van der Waals surface area (Å²) < 4.78 is 17.1. The number of rotatable bonds is 3. The van der Waals surface area contributed by atoms with Crippen molar-refractivity contribution in [2.75, 3.05) is 7.11 Å². The second kappa shape index (κ2) is 5.24. The molecule has 1 heterocycles. The number of hydrogen-bond donors (Lipinski definition) is 0. The first-order valence-corrected chi connectivity index (χ1v) is 4.57. The Bertz CT molecular complexity index is 371. The summed E-state index contributed by atoms with van der Waals surface area (Å²) in [6.07, 6.45) is 3.12. The van der Waals surface area contributed by atoms with E-state index in [0.29, 0.717) is 12.1 Å². The molecule has 0 spiro atoms. The molecule has 0 unspecified atom stereocenters. The lowest BCUT2D eigenvalue weighted by Crippen LogP contribution is -1.98. The van der Waals surface area contributed by atoms with Gasteiger partial charge in [0.25, 0.3) is 0 Å². The van der Waals surface area contributed by atoms with Crippen LogP contribution in [0.25, 0.3) is 5.57 Å². The highest BCUT2D eigenvalue weighted by molar-refractivity contribution is 5.90. The zero-order chi connectivity index (χ0) is 11.3. The molecule has 0 fully saturated rings. The number of allylic oxidation sites excluding steroid dienone is 1. The van der Waals surface area contributed by atoms with Crippen LogP contribution in [0.1, 0.15) is 19.0 Å². The molecular formula is C11H12FNO2. The van der Waals surface area contributed by atoms with Crippen LogP contribution in [-0.4, -0.2) is 18.1 Å². The quantitative estimate of drug-likeness (QED) is 0.565. The van der Waals surface area contributed by atoms with E-state index in [1.807, 2.05) is 6.92 Å². The molecule has 4 heteroatoms. The predicted molar refractivity (Wildman–Crippen MR) is 54.5 cm³/mol. The molecule has 0 amide bonds. The van der Waals surface area contributed by atoms with Crippen molar-refractivity contribution in [2.24, 2.45) is 0 Å². The average molecular weight is 209 g/mol. The van der Waals surface area contributed by atoms with Crippen LogP contribution in [0, 0.1) is 5.82 Å². The number of aromatic nitrogens is 1. The van der Waals surface area contributed by atoms with Gasteiger partial charge in [0, 0.05) is 6.08 Å². The summed E-state index contributed by atoms with van der Waals surface area (Å²) in [5.74, 6) is -0.828. The number of esters is 1. The largest absolute Gasteiger partial charge is 0.466 e. The van der Waals surface area contributed by atoms with Crippen molar-refractivity contribution in [3.05, 3.63) is 35.9 Å². The first-order valence-electron chi connectivity index (χ1n) is 4.57. The van der Waals surface area contributed by atoms with E-state index in [1.54, 1.807) is 0 Å². The second-order valence-electron chi connectivity index (χ2n) is 2.91. The van der Waals surface area contributed by atoms with Crippen LogP contribution < -0.4 is 0 Å². The van der Waals surface area contributed by atoms with Crippen LogP contribution in [0.4, 0.5) is 4.39 Å². The van der Waals surface area contributed by atoms with Gasteiger partial charge in [-0.1, -0.05) is 6.92 Å². The van der Waals surface area contributed by atoms with E-state index in [-0.39, 0.29) is 0 Å². The first kappa shape index (κ1) is 11.4. The Balaban J connectivity index is 2.97. The third-order valence-electron chi connectivity index (χ3n) is 1.93. The Labute approximate surface area is 87.6 Å². The number of nitrogens with zero attached hydrogens (tertiary/aromatic N) is 1. The summed E-state index contributed by atoms with van der Waals surface area (Å²) in [5.41, 5.74) is 1.31. The summed E-state index contributed by atoms with van der Waals surface area (Å²) in [7, 11) is 1.31. The maximum Gasteiger partial charge on any atom is 0.330 e. The van der Waals surface area contributed by atoms with Gasteiger partial charge in [0.1, 0.15) is 5.82 Å². The van der Waals surface area contributed by atoms with Gasteiger partial charge in [-0.3, -0.25) is 4.98 Å². The first-order chi connectivity index (χ1) is 7.17. The van der Waals surface area contributed by atoms with Gasteiger partial charge >= 0.3 is 5.97 Å². The molecule has 0 N–H and O–H groups in total. The molecule has 3 nitrogen and oxygen atoms in total. The predicted octanol–water partition coefficient (Wildman–Crippen LogP) is 2.19. The Morgan fingerprint density at radius 2 is 2.33 bits per heavy atom. The minimum Gasteiger partial charge on any atom is -0.466 e. The van der Waals surface area contributed by atoms with Gasteiger partial charge in [-0.25, -0.2) is 9.18 Å². The van der Waals surface area contributed by atoms with Gasteiger partial charge < -0.3 is 4.74 Å². The zero-order valence-electron chi connectivity index (χ0n) is 8.66. The molecule has 0 saturated carbocycles. The fraction of sp³-hybridized carbons (Fsp3) is 0.273. The Hall–Kier alpha value is -1.71. The van der Waals surface area contributed by atoms with Crippen LogP contribution in [0.15, 0.2) is 24.4 Å². The average Bonchev–Trinajstić information content (AvgIpc) is 2.27. The fourth-order valence-electron chi connectivity index (χ4n) is 1.12. The number of carbonyl (C=O) groups is 1. The summed E-state index contributed by atoms with van der Waals surface area (Å²) in [4.78, 5) is 14.9. The Morgan fingerprint density at radius 3 is 2.80 bits per heavy atom. The van der Waals surface area contributed by atoms with E-state index < -0.39 is 11.8 Å². The molecule has 1 rings (SSSR count). The Morgan fingerprint density at radius 1 is 1.60 bits per heavy atom. The van der Waals surface area contributed by atoms with Crippen molar-refractivity contribution in [2.45, 2.75) is 13.3 Å². The molecule has 0 aliphatic carbocycles. The van der Waals surface area contributed by atoms with E-state index >= 15 is 0 Å². The molecule has 0 aromatic carbocycles. The summed E-state index contributed by atoms with van der Waals surface area (Å²) in [5, 5.41) is 0. The molecular weight excluding hydrogens is 197 g/mol. The summed E-state index contributed by atoms with van der Waals surface area (Å²) >= 11 is 0. The molecule has 0 atom stereocenters. The highest BCUT2D eigenvalue weighted by Crippen LogP contribution is 2.15. The summed E-state index contributed by atoms with van der Waals surface area (Å²) in [6, 6.07) is 2.84. The van der Waals surface area contributed by atoms with E-state index in [9.17, 15) is 9.18 Å². The lowest BCUT2D eigenvalue weighted by atomic mass is 10.1. The lowest BCUT2D eigenvalue weighted by molar-refractivity contribution is -0.134. The van der Waals surface area contributed by atoms with E-state index in [2.05, 4.69) is 9.72 Å². The van der Waals surface area contributed by atoms with Crippen molar-refractivity contribution in [1.29, 1.82) is 0 Å². The minimum absolute atomic E-state index is 0.396. The van der Waals surface area contributed by atoms with Gasteiger partial charge in [-0.2, -0.15) is 0 Å². The van der Waals surface area contributed by atoms with Crippen molar-refractivity contribution >= 4 is 11.5 Å². The third-order valence-corrected chi connectivity index (χ3v) is 1.93. The van der Waals surface area contributed by atoms with Gasteiger partial charge in [0.15, 0.2) is 0 Å². The normalized spacial score (nSPS) is 11.3. The standard InChI is InChI=1S/C11H12FNO2/c1-3-8(6-11(14)15-2)10-5-4-9(12)7-13-10/h4-7H,3H2,1-2H3/b8-6-. The zero-order valence-corrected chi connectivity index (χ0v) is 8.66. The van der Waals surface area contributed by atoms with Crippen LogP contribution in [0.5, 0.6) is 0 Å². The number of pyridine rings is 1. The van der Waals surface area contributed by atoms with Crippen molar-refractivity contribution < 1.29 is 13.9 Å². The van der Waals surface area contributed by atoms with E-state index in [1.165, 1.54) is 25.3 Å². The van der Waals surface area contributed by atoms with E-state index in [4.69, 9.17) is 0 Å². The van der Waals surface area contributed by atoms with Gasteiger partial charge in [-0.15, -0.1) is 0 Å². The number of carbonyl (C=O) groups excluding carboxylic acids is 1. The molecule has 80 valence electrons. The molecule has 0 radical (unpaired) electrons. The fourth-order valence-corrected chi connectivity index (χ4v) is 1.12. The molecule has 0 aliphatic rings. The molecule has 0 saturated heterocycles. The number of methoxy groups -OCH3 is 1. The highest BCUT2D eigenvalue weighted by Gasteiger charge is 2.04. The topological polar surface area (TPSA) is 39.2 Å². The number of halogens is 1. The molecule has 1 aromatic rings. The molecule has 1 aromatic heterocycles. The molecule has 15 heavy (non-hydrogen) atoms. The number of ether oxygens (including phenoxy) is 1. The van der Waals surface area contributed by atoms with Crippen molar-refractivity contribution in [3.63, 3.8) is 0 Å². The Kier molecular flexibility index (Phi) is 3.97. The van der Waals surface area contributed by atoms with Crippen molar-refractivity contribution in [3.8, 4) is 0 Å². The van der Waals surface area contributed by atoms with E-state index in [0.717, 1.165) is 11.8 Å². The van der Waals surface area contributed by atoms with Crippen molar-refractivity contribution in [1.82, 2.24) is 4.98 Å². The van der Waals surface area contributed by atoms with Gasteiger partial charge in [0.05, 0.1) is 19.0 Å². The van der Waals surface area contributed by atoms with Crippen LogP contribution in [0.3, 0.4) is 0 Å². The number of hydrogen-bond acceptors (Lipinski definition) is 3. The molecule has 0 aliphatic heterocycles. The summed E-state index contributed by atoms with van der Waals surface area (Å²) in [6.45, 7) is 1.89. The highest BCUT2D eigenvalue weighted by atomic mass is 19.1. The third kappa shape index (κ3) is 3.16. The minimum atomic E-state index is -0.432. The van der Waals surface area contributed by atoms with Crippen LogP contribution in [-0.2, 0) is 9.53 Å². The SMILES string of the molecule is CC/C(=C/C(=O)OC)c1ccc(F)cn1. The lowest BCUT2D eigenvalue weighted by Gasteiger charge is -2.02. The van der Waals surface area contributed by atoms with Crippen LogP contribution >= 0.6 is 0 Å². The second-order valence-corrected chi connectivity index (χ2v) is 2.91. The smallest absolute Gasteiger partial charge is 0.330 e. The monoisotopic (exact) mass is 209 g/mol. The molecule has 0 bridgehead atoms.